The Morgan fingerprint density at radius 2 is 2.21 bits per heavy atom. The van der Waals surface area contributed by atoms with Crippen molar-refractivity contribution in [2.45, 2.75) is 30.0 Å². The van der Waals surface area contributed by atoms with Crippen LogP contribution in [0.1, 0.15) is 5.69 Å². The maximum atomic E-state index is 12.7. The number of β-lactam (4-membered cyclic amide) rings is 1. The minimum absolute atomic E-state index is 0.101. The molecule has 0 aliphatic carbocycles. The third-order valence-electron chi connectivity index (χ3n) is 5.09. The minimum atomic E-state index is -1.23. The normalized spacial score (nSPS) is 19.8. The zero-order valence-corrected chi connectivity index (χ0v) is 18.9. The van der Waals surface area contributed by atoms with Gasteiger partial charge in [-0.05, 0) is 22.9 Å². The number of nitrogens with zero attached hydrogens (tertiary/aromatic N) is 8. The van der Waals surface area contributed by atoms with Gasteiger partial charge in [-0.15, -0.1) is 16.9 Å². The first-order chi connectivity index (χ1) is 15.7. The smallest absolute Gasteiger partial charge is 0.352 e. The number of carbonyl (C=O) groups is 3. The van der Waals surface area contributed by atoms with E-state index in [-0.39, 0.29) is 29.4 Å². The minimum Gasteiger partial charge on any atom is -0.477 e. The highest BCUT2D eigenvalue weighted by molar-refractivity contribution is 8.01. The molecule has 4 rings (SSSR count). The van der Waals surface area contributed by atoms with Gasteiger partial charge in [-0.3, -0.25) is 29.3 Å². The number of aliphatic carboxylic acids is 1. The lowest BCUT2D eigenvalue weighted by atomic mass is 10.0. The van der Waals surface area contributed by atoms with E-state index in [9.17, 15) is 29.6 Å². The first-order valence-corrected chi connectivity index (χ1v) is 11.4. The van der Waals surface area contributed by atoms with Gasteiger partial charge in [0.15, 0.2) is 0 Å². The largest absolute Gasteiger partial charge is 0.477 e. The summed E-state index contributed by atoms with van der Waals surface area (Å²) in [5, 5.41) is 38.1. The van der Waals surface area contributed by atoms with Crippen molar-refractivity contribution in [3.05, 3.63) is 33.3 Å². The molecule has 2 atom stereocenters. The van der Waals surface area contributed by atoms with Crippen molar-refractivity contribution in [2.75, 3.05) is 11.5 Å². The third-order valence-corrected chi connectivity index (χ3v) is 7.53. The van der Waals surface area contributed by atoms with Crippen LogP contribution in [-0.4, -0.2) is 85.6 Å². The number of nitrogens with one attached hydrogen (secondary N) is 1. The Morgan fingerprint density at radius 1 is 1.45 bits per heavy atom. The molecule has 2 aliphatic rings. The number of aryl methyl sites for hydroxylation is 1. The SMILES string of the molecule is Cc1c([N+](=O)[O-])cnn1CC(=O)N[C@@H]1C(=O)N2C(C(=O)O)=C(CSc3nnnn3C)CS[C@H]12. The molecule has 0 saturated carbocycles. The highest BCUT2D eigenvalue weighted by Gasteiger charge is 2.54. The molecule has 0 spiro atoms. The summed E-state index contributed by atoms with van der Waals surface area (Å²) < 4.78 is 2.63. The fourth-order valence-corrected chi connectivity index (χ4v) is 5.75. The van der Waals surface area contributed by atoms with E-state index in [4.69, 9.17) is 0 Å². The van der Waals surface area contributed by atoms with Gasteiger partial charge in [-0.1, -0.05) is 11.8 Å². The number of aromatic nitrogens is 6. The van der Waals surface area contributed by atoms with Crippen LogP contribution in [0.25, 0.3) is 0 Å². The van der Waals surface area contributed by atoms with E-state index in [0.717, 1.165) is 6.20 Å². The Morgan fingerprint density at radius 3 is 2.82 bits per heavy atom. The predicted octanol–water partition coefficient (Wildman–Crippen LogP) is -0.846. The molecule has 4 heterocycles. The van der Waals surface area contributed by atoms with Crippen molar-refractivity contribution in [3.8, 4) is 0 Å². The number of rotatable bonds is 8. The molecule has 174 valence electrons. The number of thioether (sulfide) groups is 2. The number of hydrogen-bond donors (Lipinski definition) is 2. The molecule has 2 aromatic rings. The lowest BCUT2D eigenvalue weighted by molar-refractivity contribution is -0.385. The summed E-state index contributed by atoms with van der Waals surface area (Å²) in [6.07, 6.45) is 1.05. The van der Waals surface area contributed by atoms with Gasteiger partial charge in [-0.2, -0.15) is 5.10 Å². The highest BCUT2D eigenvalue weighted by Crippen LogP contribution is 2.41. The number of amides is 2. The van der Waals surface area contributed by atoms with Crippen molar-refractivity contribution in [1.82, 2.24) is 40.2 Å². The number of tetrazole rings is 1. The molecule has 0 aromatic carbocycles. The molecule has 2 amide bonds. The van der Waals surface area contributed by atoms with Crippen LogP contribution in [0, 0.1) is 17.0 Å². The Kier molecular flexibility index (Phi) is 6.07. The van der Waals surface area contributed by atoms with Crippen molar-refractivity contribution >= 4 is 47.0 Å². The average molecular weight is 496 g/mol. The molecule has 17 heteroatoms. The summed E-state index contributed by atoms with van der Waals surface area (Å²) in [4.78, 5) is 48.6. The second-order valence-electron chi connectivity index (χ2n) is 7.12. The summed E-state index contributed by atoms with van der Waals surface area (Å²) in [5.41, 5.74) is 0.445. The Labute approximate surface area is 193 Å². The van der Waals surface area contributed by atoms with Crippen LogP contribution in [0.2, 0.25) is 0 Å². The van der Waals surface area contributed by atoms with Crippen LogP contribution >= 0.6 is 23.5 Å². The number of carbonyl (C=O) groups excluding carboxylic acids is 2. The first kappa shape index (κ1) is 22.7. The summed E-state index contributed by atoms with van der Waals surface area (Å²) in [6, 6.07) is -0.903. The fourth-order valence-electron chi connectivity index (χ4n) is 3.42. The van der Waals surface area contributed by atoms with Gasteiger partial charge in [0.05, 0.1) is 4.92 Å². The predicted molar refractivity (Wildman–Crippen MR) is 113 cm³/mol. The topological polar surface area (TPSA) is 191 Å². The second kappa shape index (κ2) is 8.81. The van der Waals surface area contributed by atoms with Crippen LogP contribution < -0.4 is 5.32 Å². The van der Waals surface area contributed by atoms with Crippen molar-refractivity contribution in [3.63, 3.8) is 0 Å². The van der Waals surface area contributed by atoms with Crippen LogP contribution in [0.5, 0.6) is 0 Å². The van der Waals surface area contributed by atoms with E-state index in [1.54, 1.807) is 7.05 Å². The molecule has 0 radical (unpaired) electrons. The van der Waals surface area contributed by atoms with E-state index in [1.807, 2.05) is 0 Å². The standard InChI is InChI=1S/C16H17N9O6S2/c1-7-9(25(30)31)3-17-23(7)4-10(26)18-11-13(27)24-12(15(28)29)8(5-32-14(11)24)6-33-16-19-20-21-22(16)2/h3,11,14H,4-6H2,1-2H3,(H,18,26)(H,28,29)/t11-,14-/m1/s1. The Hall–Kier alpha value is -3.47. The number of fused-ring (bicyclic) bond motifs is 1. The number of carboxylic acid groups (broad SMARTS) is 1. The average Bonchev–Trinajstić information content (AvgIpc) is 3.34. The molecule has 0 unspecified atom stereocenters. The summed E-state index contributed by atoms with van der Waals surface area (Å²) >= 11 is 2.60. The number of nitro groups is 1. The summed E-state index contributed by atoms with van der Waals surface area (Å²) in [6.45, 7) is 1.16. The van der Waals surface area contributed by atoms with Crippen LogP contribution in [0.4, 0.5) is 5.69 Å². The van der Waals surface area contributed by atoms with Crippen LogP contribution in [0.3, 0.4) is 0 Å². The molecule has 2 N–H and O–H groups in total. The molecule has 15 nitrogen and oxygen atoms in total. The highest BCUT2D eigenvalue weighted by atomic mass is 32.2. The van der Waals surface area contributed by atoms with Crippen molar-refractivity contribution in [1.29, 1.82) is 0 Å². The monoisotopic (exact) mass is 495 g/mol. The molecule has 0 bridgehead atoms. The van der Waals surface area contributed by atoms with E-state index < -0.39 is 34.1 Å². The van der Waals surface area contributed by atoms with Gasteiger partial charge in [0.1, 0.15) is 35.5 Å². The third kappa shape index (κ3) is 4.15. The number of hydrogen-bond acceptors (Lipinski definition) is 11. The van der Waals surface area contributed by atoms with Gasteiger partial charge >= 0.3 is 11.7 Å². The van der Waals surface area contributed by atoms with Crippen LogP contribution in [0.15, 0.2) is 22.6 Å². The van der Waals surface area contributed by atoms with Crippen molar-refractivity contribution in [2.24, 2.45) is 7.05 Å². The Balaban J connectivity index is 1.43. The van der Waals surface area contributed by atoms with Gasteiger partial charge in [-0.25, -0.2) is 9.48 Å². The first-order valence-electron chi connectivity index (χ1n) is 9.40. The molecule has 2 aliphatic heterocycles. The van der Waals surface area contributed by atoms with Crippen LogP contribution in [-0.2, 0) is 28.0 Å². The fraction of sp³-hybridized carbons (Fsp3) is 0.438. The molecule has 1 saturated heterocycles. The van der Waals surface area contributed by atoms with E-state index in [1.165, 1.54) is 44.7 Å². The van der Waals surface area contributed by atoms with E-state index in [2.05, 4.69) is 25.9 Å². The molecule has 1 fully saturated rings. The zero-order valence-electron chi connectivity index (χ0n) is 17.2. The van der Waals surface area contributed by atoms with Gasteiger partial charge in [0.2, 0.25) is 11.1 Å². The lowest BCUT2D eigenvalue weighted by Gasteiger charge is -2.49. The van der Waals surface area contributed by atoms with Crippen molar-refractivity contribution < 1.29 is 24.4 Å². The van der Waals surface area contributed by atoms with E-state index in [0.29, 0.717) is 16.5 Å². The van der Waals surface area contributed by atoms with Gasteiger partial charge in [0.25, 0.3) is 5.91 Å². The summed E-state index contributed by atoms with van der Waals surface area (Å²) in [5.74, 6) is -1.70. The lowest BCUT2D eigenvalue weighted by Crippen LogP contribution is -2.70. The molecule has 2 aromatic heterocycles. The molecular weight excluding hydrogens is 478 g/mol. The second-order valence-corrected chi connectivity index (χ2v) is 9.16. The van der Waals surface area contributed by atoms with E-state index >= 15 is 0 Å². The quantitative estimate of drug-likeness (QED) is 0.200. The summed E-state index contributed by atoms with van der Waals surface area (Å²) in [7, 11) is 1.66. The molecular formula is C16H17N9O6S2. The molecule has 33 heavy (non-hydrogen) atoms. The zero-order chi connectivity index (χ0) is 23.9. The Bertz CT molecular complexity index is 1190. The maximum Gasteiger partial charge on any atom is 0.352 e. The maximum absolute atomic E-state index is 12.7. The van der Waals surface area contributed by atoms with Gasteiger partial charge < -0.3 is 10.4 Å². The number of carboxylic acids is 1. The van der Waals surface area contributed by atoms with Gasteiger partial charge in [0, 0.05) is 18.6 Å².